The largest absolute Gasteiger partial charge is 0.396 e. The molecular weight excluding hydrogens is 318 g/mol. The summed E-state index contributed by atoms with van der Waals surface area (Å²) in [6.07, 6.45) is 2.95. The number of benzene rings is 1. The molecule has 0 bridgehead atoms. The Hall–Kier alpha value is -2.08. The quantitative estimate of drug-likeness (QED) is 0.869. The molecule has 0 spiro atoms. The molecule has 2 aromatic rings. The van der Waals surface area contributed by atoms with Gasteiger partial charge < -0.3 is 10.0 Å². The van der Waals surface area contributed by atoms with Gasteiger partial charge in [-0.2, -0.15) is 0 Å². The van der Waals surface area contributed by atoms with Gasteiger partial charge in [0.2, 0.25) is 5.91 Å². The molecule has 0 atom stereocenters. The first-order valence-corrected chi connectivity index (χ1v) is 9.22. The van der Waals surface area contributed by atoms with Gasteiger partial charge in [-0.25, -0.2) is 4.79 Å². The lowest BCUT2D eigenvalue weighted by atomic mass is 9.98. The molecule has 1 saturated heterocycles. The van der Waals surface area contributed by atoms with Crippen LogP contribution in [0.25, 0.3) is 11.0 Å². The molecule has 1 fully saturated rings. The number of carbonyl (C=O) groups is 1. The van der Waals surface area contributed by atoms with E-state index in [0.29, 0.717) is 38.5 Å². The highest BCUT2D eigenvalue weighted by Crippen LogP contribution is 2.18. The molecule has 0 radical (unpaired) electrons. The number of imidazole rings is 1. The highest BCUT2D eigenvalue weighted by Gasteiger charge is 2.22. The van der Waals surface area contributed by atoms with Crippen LogP contribution in [0.3, 0.4) is 0 Å². The summed E-state index contributed by atoms with van der Waals surface area (Å²) >= 11 is 0. The molecule has 0 unspecified atom stereocenters. The van der Waals surface area contributed by atoms with E-state index in [2.05, 4.69) is 6.92 Å². The second kappa shape index (κ2) is 7.87. The number of aliphatic hydroxyl groups is 1. The maximum absolute atomic E-state index is 12.7. The minimum absolute atomic E-state index is 0.0326. The fraction of sp³-hybridized carbons (Fsp3) is 0.579. The lowest BCUT2D eigenvalue weighted by Gasteiger charge is -2.31. The minimum Gasteiger partial charge on any atom is -0.396 e. The Morgan fingerprint density at radius 1 is 1.12 bits per heavy atom. The number of para-hydroxylation sites is 2. The van der Waals surface area contributed by atoms with Crippen molar-refractivity contribution < 1.29 is 9.90 Å². The Labute approximate surface area is 147 Å². The molecule has 3 rings (SSSR count). The first kappa shape index (κ1) is 17.7. The van der Waals surface area contributed by atoms with Crippen LogP contribution in [0.5, 0.6) is 0 Å². The number of likely N-dealkylation sites (tertiary alicyclic amines) is 1. The average Bonchev–Trinajstić information content (AvgIpc) is 2.92. The van der Waals surface area contributed by atoms with Crippen LogP contribution in [0.1, 0.15) is 32.6 Å². The second-order valence-corrected chi connectivity index (χ2v) is 6.83. The van der Waals surface area contributed by atoms with E-state index in [1.165, 1.54) is 0 Å². The topological polar surface area (TPSA) is 67.5 Å². The molecule has 0 saturated carbocycles. The zero-order chi connectivity index (χ0) is 17.8. The van der Waals surface area contributed by atoms with E-state index in [4.69, 9.17) is 0 Å². The third-order valence-electron chi connectivity index (χ3n) is 5.15. The number of hydrogen-bond donors (Lipinski definition) is 1. The van der Waals surface area contributed by atoms with E-state index in [1.54, 1.807) is 9.13 Å². The van der Waals surface area contributed by atoms with Crippen molar-refractivity contribution in [1.29, 1.82) is 0 Å². The minimum atomic E-state index is -0.0326. The van der Waals surface area contributed by atoms with E-state index in [0.717, 1.165) is 30.3 Å². The van der Waals surface area contributed by atoms with Crippen molar-refractivity contribution in [3.05, 3.63) is 34.7 Å². The van der Waals surface area contributed by atoms with E-state index >= 15 is 0 Å². The Bertz CT molecular complexity index is 785. The average molecular weight is 345 g/mol. The Morgan fingerprint density at radius 2 is 1.72 bits per heavy atom. The summed E-state index contributed by atoms with van der Waals surface area (Å²) in [7, 11) is 0. The monoisotopic (exact) mass is 345 g/mol. The lowest BCUT2D eigenvalue weighted by Crippen LogP contribution is -2.39. The molecule has 25 heavy (non-hydrogen) atoms. The standard InChI is InChI=1S/C19H27N3O3/c1-2-10-21-16-5-3-4-6-17(16)22(19(21)25)13-9-18(24)20-11-7-15(14-23)8-12-20/h3-6,15,23H,2,7-14H2,1H3. The fourth-order valence-electron chi connectivity index (χ4n) is 3.66. The van der Waals surface area contributed by atoms with E-state index in [-0.39, 0.29) is 18.2 Å². The van der Waals surface area contributed by atoms with Gasteiger partial charge in [0.25, 0.3) is 0 Å². The van der Waals surface area contributed by atoms with Gasteiger partial charge in [0.1, 0.15) is 0 Å². The van der Waals surface area contributed by atoms with Crippen molar-refractivity contribution in [2.24, 2.45) is 5.92 Å². The molecule has 1 N–H and O–H groups in total. The number of aromatic nitrogens is 2. The highest BCUT2D eigenvalue weighted by atomic mass is 16.3. The van der Waals surface area contributed by atoms with Crippen LogP contribution in [0.15, 0.2) is 29.1 Å². The number of carbonyl (C=O) groups excluding carboxylic acids is 1. The summed E-state index contributed by atoms with van der Waals surface area (Å²) < 4.78 is 3.52. The Kier molecular flexibility index (Phi) is 5.58. The van der Waals surface area contributed by atoms with Gasteiger partial charge in [-0.3, -0.25) is 13.9 Å². The summed E-state index contributed by atoms with van der Waals surface area (Å²) in [5.74, 6) is 0.411. The predicted octanol–water partition coefficient (Wildman–Crippen LogP) is 1.83. The van der Waals surface area contributed by atoms with E-state index < -0.39 is 0 Å². The number of amides is 1. The molecular formula is C19H27N3O3. The number of hydrogen-bond acceptors (Lipinski definition) is 3. The van der Waals surface area contributed by atoms with Crippen LogP contribution in [0.2, 0.25) is 0 Å². The normalized spacial score (nSPS) is 15.8. The van der Waals surface area contributed by atoms with E-state index in [9.17, 15) is 14.7 Å². The molecule has 1 aromatic carbocycles. The van der Waals surface area contributed by atoms with Crippen molar-refractivity contribution in [2.45, 2.75) is 45.7 Å². The highest BCUT2D eigenvalue weighted by molar-refractivity contribution is 5.78. The van der Waals surface area contributed by atoms with Crippen molar-refractivity contribution in [2.75, 3.05) is 19.7 Å². The molecule has 0 aliphatic carbocycles. The SMILES string of the molecule is CCCn1c(=O)n(CCC(=O)N2CCC(CO)CC2)c2ccccc21. The molecule has 1 aromatic heterocycles. The number of fused-ring (bicyclic) bond motifs is 1. The smallest absolute Gasteiger partial charge is 0.329 e. The van der Waals surface area contributed by atoms with Crippen molar-refractivity contribution in [3.8, 4) is 0 Å². The van der Waals surface area contributed by atoms with Crippen LogP contribution >= 0.6 is 0 Å². The zero-order valence-electron chi connectivity index (χ0n) is 14.9. The van der Waals surface area contributed by atoms with Crippen molar-refractivity contribution in [3.63, 3.8) is 0 Å². The third-order valence-corrected chi connectivity index (χ3v) is 5.15. The lowest BCUT2D eigenvalue weighted by molar-refractivity contribution is -0.133. The summed E-state index contributed by atoms with van der Waals surface area (Å²) in [6, 6.07) is 7.77. The molecule has 1 amide bonds. The summed E-state index contributed by atoms with van der Waals surface area (Å²) in [6.45, 7) is 4.77. The predicted molar refractivity (Wildman–Crippen MR) is 97.5 cm³/mol. The number of nitrogens with zero attached hydrogens (tertiary/aromatic N) is 3. The van der Waals surface area contributed by atoms with Crippen LogP contribution in [0.4, 0.5) is 0 Å². The summed E-state index contributed by atoms with van der Waals surface area (Å²) in [4.78, 5) is 27.1. The Morgan fingerprint density at radius 3 is 2.28 bits per heavy atom. The number of piperidine rings is 1. The zero-order valence-corrected chi connectivity index (χ0v) is 14.9. The van der Waals surface area contributed by atoms with Crippen LogP contribution in [0, 0.1) is 5.92 Å². The van der Waals surface area contributed by atoms with Gasteiger partial charge in [-0.1, -0.05) is 19.1 Å². The molecule has 1 aliphatic rings. The van der Waals surface area contributed by atoms with Gasteiger partial charge in [-0.05, 0) is 37.3 Å². The second-order valence-electron chi connectivity index (χ2n) is 6.83. The van der Waals surface area contributed by atoms with Crippen LogP contribution in [-0.2, 0) is 17.9 Å². The van der Waals surface area contributed by atoms with E-state index in [1.807, 2.05) is 29.2 Å². The van der Waals surface area contributed by atoms with Crippen LogP contribution < -0.4 is 5.69 Å². The van der Waals surface area contributed by atoms with Crippen LogP contribution in [-0.4, -0.2) is 44.7 Å². The molecule has 136 valence electrons. The summed E-state index contributed by atoms with van der Waals surface area (Å²) in [5, 5.41) is 9.20. The number of rotatable bonds is 6. The van der Waals surface area contributed by atoms with Gasteiger partial charge in [0.05, 0.1) is 11.0 Å². The maximum Gasteiger partial charge on any atom is 0.329 e. The first-order chi connectivity index (χ1) is 12.2. The third kappa shape index (κ3) is 3.63. The molecule has 2 heterocycles. The fourth-order valence-corrected chi connectivity index (χ4v) is 3.66. The van der Waals surface area contributed by atoms with Gasteiger partial charge in [0, 0.05) is 39.2 Å². The molecule has 6 nitrogen and oxygen atoms in total. The molecule has 6 heteroatoms. The first-order valence-electron chi connectivity index (χ1n) is 9.22. The van der Waals surface area contributed by atoms with Gasteiger partial charge >= 0.3 is 5.69 Å². The van der Waals surface area contributed by atoms with Crippen molar-refractivity contribution in [1.82, 2.24) is 14.0 Å². The van der Waals surface area contributed by atoms with Crippen molar-refractivity contribution >= 4 is 16.9 Å². The van der Waals surface area contributed by atoms with Gasteiger partial charge in [0.15, 0.2) is 0 Å². The summed E-state index contributed by atoms with van der Waals surface area (Å²) in [5.41, 5.74) is 1.80. The number of aliphatic hydroxyl groups excluding tert-OH is 1. The maximum atomic E-state index is 12.7. The Balaban J connectivity index is 1.72. The number of aryl methyl sites for hydroxylation is 2. The van der Waals surface area contributed by atoms with Gasteiger partial charge in [-0.15, -0.1) is 0 Å². The molecule has 1 aliphatic heterocycles.